The zero-order valence-corrected chi connectivity index (χ0v) is 27.5. The molecule has 5 aliphatic heterocycles. The van der Waals surface area contributed by atoms with E-state index in [0.29, 0.717) is 58.8 Å². The number of rotatable bonds is 5. The Morgan fingerprint density at radius 2 is 1.90 bits per heavy atom. The van der Waals surface area contributed by atoms with Crippen LogP contribution in [0.5, 0.6) is 11.8 Å². The lowest BCUT2D eigenvalue weighted by atomic mass is 9.86. The first-order chi connectivity index (χ1) is 24.5. The van der Waals surface area contributed by atoms with Crippen LogP contribution in [0.4, 0.5) is 14.6 Å². The monoisotopic (exact) mass is 670 g/mol. The van der Waals surface area contributed by atoms with Gasteiger partial charge in [-0.2, -0.15) is 9.97 Å². The third-order valence-corrected chi connectivity index (χ3v) is 11.8. The first-order valence-corrected chi connectivity index (χ1v) is 17.7. The number of pyridine rings is 1. The molecule has 5 aromatic rings. The lowest BCUT2D eigenvalue weighted by molar-refractivity contribution is 0.0780. The van der Waals surface area contributed by atoms with Gasteiger partial charge in [0.1, 0.15) is 35.2 Å². The average Bonchev–Trinajstić information content (AvgIpc) is 3.81. The number of hydrogen-bond donors (Lipinski definition) is 1. The van der Waals surface area contributed by atoms with Crippen LogP contribution in [0, 0.1) is 29.9 Å². The number of benzene rings is 3. The summed E-state index contributed by atoms with van der Waals surface area (Å²) in [7, 11) is 0. The topological polar surface area (TPSA) is 75.6 Å². The number of hydrogen-bond acceptors (Lipinski definition) is 8. The van der Waals surface area contributed by atoms with E-state index in [4.69, 9.17) is 25.9 Å². The zero-order chi connectivity index (χ0) is 33.6. The summed E-state index contributed by atoms with van der Waals surface area (Å²) in [6.45, 7) is 3.57. The number of nitrogens with one attached hydrogen (secondary N) is 1. The van der Waals surface area contributed by atoms with Gasteiger partial charge >= 0.3 is 6.01 Å². The molecule has 5 atom stereocenters. The Hall–Kier alpha value is -4.85. The summed E-state index contributed by atoms with van der Waals surface area (Å²) in [5.74, 6) is 3.27. The lowest BCUT2D eigenvalue weighted by Crippen LogP contribution is -2.51. The minimum atomic E-state index is -0.616. The smallest absolute Gasteiger partial charge is 0.319 e. The van der Waals surface area contributed by atoms with Crippen molar-refractivity contribution >= 4 is 27.5 Å². The van der Waals surface area contributed by atoms with Crippen molar-refractivity contribution in [1.29, 1.82) is 0 Å². The van der Waals surface area contributed by atoms with Gasteiger partial charge in [0.2, 0.25) is 0 Å². The number of fused-ring (bicyclic) bond motifs is 9. The maximum atomic E-state index is 17.0. The van der Waals surface area contributed by atoms with Crippen molar-refractivity contribution in [2.45, 2.75) is 55.8 Å². The molecule has 2 bridgehead atoms. The molecule has 0 spiro atoms. The molecule has 2 aromatic heterocycles. The minimum absolute atomic E-state index is 0.0558. The number of para-hydroxylation sites is 1. The number of halogens is 2. The van der Waals surface area contributed by atoms with E-state index >= 15 is 4.39 Å². The molecule has 0 radical (unpaired) electrons. The van der Waals surface area contributed by atoms with E-state index in [2.05, 4.69) is 44.2 Å². The van der Waals surface area contributed by atoms with Crippen LogP contribution >= 0.6 is 0 Å². The Bertz CT molecular complexity index is 2230. The summed E-state index contributed by atoms with van der Waals surface area (Å²) in [4.78, 5) is 19.2. The van der Waals surface area contributed by atoms with Crippen molar-refractivity contribution in [2.75, 3.05) is 37.7 Å². The number of ether oxygens (including phenoxy) is 2. The van der Waals surface area contributed by atoms with Crippen molar-refractivity contribution in [3.05, 3.63) is 83.6 Å². The van der Waals surface area contributed by atoms with Crippen molar-refractivity contribution < 1.29 is 18.3 Å². The summed E-state index contributed by atoms with van der Waals surface area (Å²) >= 11 is 0. The minimum Gasteiger partial charge on any atom is -0.493 e. The van der Waals surface area contributed by atoms with Crippen molar-refractivity contribution in [3.8, 4) is 35.4 Å². The number of aromatic nitrogens is 3. The molecule has 7 heterocycles. The van der Waals surface area contributed by atoms with Crippen molar-refractivity contribution in [2.24, 2.45) is 5.92 Å². The summed E-state index contributed by atoms with van der Waals surface area (Å²) in [6.07, 6.45) is 12.6. The van der Waals surface area contributed by atoms with Crippen molar-refractivity contribution in [3.63, 3.8) is 0 Å². The Labute approximate surface area is 288 Å². The molecule has 0 amide bonds. The maximum absolute atomic E-state index is 17.0. The second-order valence-electron chi connectivity index (χ2n) is 14.6. The fourth-order valence-electron chi connectivity index (χ4n) is 9.68. The number of anilines is 1. The average molecular weight is 671 g/mol. The summed E-state index contributed by atoms with van der Waals surface area (Å²) in [5, 5.41) is 5.34. The number of terminal acetylenes is 1. The molecule has 8 nitrogen and oxygen atoms in total. The molecule has 0 aliphatic carbocycles. The van der Waals surface area contributed by atoms with Gasteiger partial charge in [0.25, 0.3) is 0 Å². The van der Waals surface area contributed by atoms with E-state index < -0.39 is 11.6 Å². The van der Waals surface area contributed by atoms with Gasteiger partial charge in [-0.25, -0.2) is 8.78 Å². The van der Waals surface area contributed by atoms with E-state index in [1.807, 2.05) is 12.1 Å². The first kappa shape index (κ1) is 30.0. The second kappa shape index (κ2) is 11.3. The summed E-state index contributed by atoms with van der Waals surface area (Å²) in [6, 6.07) is 17.8. The van der Waals surface area contributed by atoms with E-state index in [-0.39, 0.29) is 34.4 Å². The number of nitrogens with zero attached hydrogens (tertiary/aromatic N) is 5. The third kappa shape index (κ3) is 4.53. The highest BCUT2D eigenvalue weighted by Crippen LogP contribution is 2.55. The van der Waals surface area contributed by atoms with Gasteiger partial charge in [0.15, 0.2) is 5.82 Å². The van der Waals surface area contributed by atoms with Gasteiger partial charge in [-0.15, -0.1) is 6.42 Å². The van der Waals surface area contributed by atoms with Gasteiger partial charge in [-0.05, 0) is 56.2 Å². The summed E-state index contributed by atoms with van der Waals surface area (Å²) in [5.41, 5.74) is 1.72. The molecule has 3 unspecified atom stereocenters. The fourth-order valence-corrected chi connectivity index (χ4v) is 9.68. The van der Waals surface area contributed by atoms with Gasteiger partial charge in [0, 0.05) is 59.8 Å². The van der Waals surface area contributed by atoms with E-state index in [1.54, 1.807) is 24.4 Å². The van der Waals surface area contributed by atoms with E-state index in [0.717, 1.165) is 57.5 Å². The lowest BCUT2D eigenvalue weighted by Gasteiger charge is -2.36. The SMILES string of the molecule is C#Cc1c(F)ccc2cccc(-c3ncc4c(N5C[C@H]6CC[C@@H](C5)N6)nc(OCC56CCCN5C5c7ccccc7OCC5C6)nc4c3F)c12. The molecular weight excluding hydrogens is 634 g/mol. The van der Waals surface area contributed by atoms with Crippen LogP contribution in [0.1, 0.15) is 49.3 Å². The van der Waals surface area contributed by atoms with Crippen LogP contribution in [0.3, 0.4) is 0 Å². The molecule has 4 saturated heterocycles. The van der Waals surface area contributed by atoms with Crippen molar-refractivity contribution in [1.82, 2.24) is 25.2 Å². The largest absolute Gasteiger partial charge is 0.493 e. The highest BCUT2D eigenvalue weighted by molar-refractivity contribution is 6.02. The highest BCUT2D eigenvalue weighted by atomic mass is 19.1. The van der Waals surface area contributed by atoms with Gasteiger partial charge in [-0.1, -0.05) is 48.4 Å². The molecule has 50 heavy (non-hydrogen) atoms. The Morgan fingerprint density at radius 3 is 2.76 bits per heavy atom. The first-order valence-electron chi connectivity index (χ1n) is 17.7. The standard InChI is InChI=1S/C40H36F2N6O2/c1-2-27-31(41)14-11-23-7-5-9-29(33(23)27)35-34(42)36-30(18-43-35)38(47-19-25-12-13-26(20-47)44-25)46-39(45-36)50-22-40-15-6-16-48(40)37-24(17-40)21-49-32-10-4-3-8-28(32)37/h1,3-5,7-11,14,18,24-26,37,44H,6,12-13,15-17,19-22H2/t24?,25-,26+,37?,40?. The Morgan fingerprint density at radius 1 is 1.04 bits per heavy atom. The molecule has 0 saturated carbocycles. The van der Waals surface area contributed by atoms with Crippen LogP contribution in [0.2, 0.25) is 0 Å². The van der Waals surface area contributed by atoms with Crippen LogP contribution in [0.15, 0.2) is 60.8 Å². The normalized spacial score (nSPS) is 26.8. The molecule has 3 aromatic carbocycles. The highest BCUT2D eigenvalue weighted by Gasteiger charge is 2.56. The predicted molar refractivity (Wildman–Crippen MR) is 187 cm³/mol. The van der Waals surface area contributed by atoms with Crippen LogP contribution in [0.25, 0.3) is 32.9 Å². The predicted octanol–water partition coefficient (Wildman–Crippen LogP) is 6.41. The van der Waals surface area contributed by atoms with Crippen LogP contribution in [-0.4, -0.2) is 70.3 Å². The van der Waals surface area contributed by atoms with Gasteiger partial charge in [-0.3, -0.25) is 9.88 Å². The van der Waals surface area contributed by atoms with E-state index in [1.165, 1.54) is 11.6 Å². The Balaban J connectivity index is 1.07. The second-order valence-corrected chi connectivity index (χ2v) is 14.6. The van der Waals surface area contributed by atoms with E-state index in [9.17, 15) is 4.39 Å². The molecule has 10 heteroatoms. The van der Waals surface area contributed by atoms with Gasteiger partial charge in [0.05, 0.1) is 23.1 Å². The fraction of sp³-hybridized carbons (Fsp3) is 0.375. The molecule has 5 aliphatic rings. The Kier molecular flexibility index (Phi) is 6.81. The zero-order valence-electron chi connectivity index (χ0n) is 27.5. The molecule has 1 N–H and O–H groups in total. The maximum Gasteiger partial charge on any atom is 0.319 e. The third-order valence-electron chi connectivity index (χ3n) is 11.8. The van der Waals surface area contributed by atoms with Crippen LogP contribution in [-0.2, 0) is 0 Å². The molecular formula is C40H36F2N6O2. The van der Waals surface area contributed by atoms with Crippen LogP contribution < -0.4 is 19.7 Å². The number of piperazine rings is 1. The quantitative estimate of drug-likeness (QED) is 0.215. The summed E-state index contributed by atoms with van der Waals surface area (Å²) < 4.78 is 44.7. The molecule has 252 valence electrons. The molecule has 10 rings (SSSR count). The molecule has 4 fully saturated rings. The van der Waals surface area contributed by atoms with Gasteiger partial charge < -0.3 is 19.7 Å².